The van der Waals surface area contributed by atoms with Crippen LogP contribution in [0.1, 0.15) is 48.0 Å². The van der Waals surface area contributed by atoms with Gasteiger partial charge in [0.05, 0.1) is 25.2 Å². The van der Waals surface area contributed by atoms with E-state index in [-0.39, 0.29) is 23.3 Å². The first-order chi connectivity index (χ1) is 12.3. The molecule has 0 radical (unpaired) electrons. The summed E-state index contributed by atoms with van der Waals surface area (Å²) >= 11 is 0. The quantitative estimate of drug-likeness (QED) is 0.368. The molecule has 0 aromatic carbocycles. The fourth-order valence-corrected chi connectivity index (χ4v) is 4.90. The highest BCUT2D eigenvalue weighted by Crippen LogP contribution is 2.48. The van der Waals surface area contributed by atoms with E-state index < -0.39 is 38.5 Å². The molecule has 0 bridgehead atoms. The number of hydrogen-bond donors (Lipinski definition) is 0. The monoisotopic (exact) mass is 402 g/mol. The van der Waals surface area contributed by atoms with Crippen LogP contribution < -0.4 is 0 Å². The van der Waals surface area contributed by atoms with Gasteiger partial charge in [-0.05, 0) is 38.9 Å². The molecule has 0 unspecified atom stereocenters. The van der Waals surface area contributed by atoms with E-state index in [4.69, 9.17) is 23.4 Å². The van der Waals surface area contributed by atoms with Crippen LogP contribution in [0.15, 0.2) is 0 Å². The summed E-state index contributed by atoms with van der Waals surface area (Å²) in [6.45, 7) is 16.8. The minimum absolute atomic E-state index is 0.0358. The zero-order valence-electron chi connectivity index (χ0n) is 17.7. The molecule has 0 aromatic heterocycles. The Morgan fingerprint density at radius 3 is 2.26 bits per heavy atom. The average Bonchev–Trinajstić information content (AvgIpc) is 2.93. The van der Waals surface area contributed by atoms with E-state index in [2.05, 4.69) is 33.9 Å². The van der Waals surface area contributed by atoms with E-state index in [1.54, 1.807) is 6.92 Å². The molecule has 7 nitrogen and oxygen atoms in total. The molecule has 8 heteroatoms. The maximum Gasteiger partial charge on any atom is 0.306 e. The molecule has 5 atom stereocenters. The molecule has 1 aliphatic heterocycles. The molecule has 2 fully saturated rings. The van der Waals surface area contributed by atoms with Crippen LogP contribution in [-0.2, 0) is 33.0 Å². The van der Waals surface area contributed by atoms with Gasteiger partial charge in [0.25, 0.3) is 6.47 Å². The van der Waals surface area contributed by atoms with Gasteiger partial charge in [-0.3, -0.25) is 9.59 Å². The van der Waals surface area contributed by atoms with Crippen molar-refractivity contribution in [2.45, 2.75) is 96.3 Å². The number of rotatable bonds is 7. The maximum absolute atomic E-state index is 12.2. The van der Waals surface area contributed by atoms with E-state index in [0.717, 1.165) is 0 Å². The second-order valence-corrected chi connectivity index (χ2v) is 14.0. The molecule has 156 valence electrons. The average molecular weight is 403 g/mol. The summed E-state index contributed by atoms with van der Waals surface area (Å²) in [4.78, 5) is 23.4. The lowest BCUT2D eigenvalue weighted by Gasteiger charge is -2.41. The molecule has 2 rings (SSSR count). The first-order valence-electron chi connectivity index (χ1n) is 9.61. The van der Waals surface area contributed by atoms with Crippen LogP contribution in [0.25, 0.3) is 0 Å². The Morgan fingerprint density at radius 1 is 1.15 bits per heavy atom. The summed E-state index contributed by atoms with van der Waals surface area (Å²) < 4.78 is 29.3. The van der Waals surface area contributed by atoms with Crippen molar-refractivity contribution in [1.82, 2.24) is 0 Å². The van der Waals surface area contributed by atoms with Crippen molar-refractivity contribution in [3.8, 4) is 0 Å². The number of ether oxygens (including phenoxy) is 4. The lowest BCUT2D eigenvalue weighted by Crippen LogP contribution is -2.50. The molecule has 27 heavy (non-hydrogen) atoms. The summed E-state index contributed by atoms with van der Waals surface area (Å²) in [6, 6.07) is 0. The van der Waals surface area contributed by atoms with E-state index >= 15 is 0 Å². The van der Waals surface area contributed by atoms with Gasteiger partial charge in [0.1, 0.15) is 6.10 Å². The predicted octanol–water partition coefficient (Wildman–Crippen LogP) is 3.02. The summed E-state index contributed by atoms with van der Waals surface area (Å²) in [7, 11) is -2.19. The van der Waals surface area contributed by atoms with Crippen molar-refractivity contribution in [2.75, 3.05) is 6.61 Å². The number of hydrogen-bond acceptors (Lipinski definition) is 7. The van der Waals surface area contributed by atoms with Crippen molar-refractivity contribution in [3.63, 3.8) is 0 Å². The van der Waals surface area contributed by atoms with Gasteiger partial charge in [-0.25, -0.2) is 0 Å². The lowest BCUT2D eigenvalue weighted by molar-refractivity contribution is -0.188. The first-order valence-corrected chi connectivity index (χ1v) is 12.5. The van der Waals surface area contributed by atoms with Crippen LogP contribution >= 0.6 is 0 Å². The topological polar surface area (TPSA) is 80.3 Å². The van der Waals surface area contributed by atoms with Gasteiger partial charge in [0.2, 0.25) is 0 Å². The summed E-state index contributed by atoms with van der Waals surface area (Å²) in [5.41, 5.74) is 0. The van der Waals surface area contributed by atoms with Crippen LogP contribution in [0.2, 0.25) is 18.1 Å². The van der Waals surface area contributed by atoms with Crippen molar-refractivity contribution < 1.29 is 33.0 Å². The van der Waals surface area contributed by atoms with Crippen LogP contribution in [0.3, 0.4) is 0 Å². The Balaban J connectivity index is 2.35. The third-order valence-electron chi connectivity index (χ3n) is 5.81. The molecular formula is C19H34O7Si. The van der Waals surface area contributed by atoms with Crippen LogP contribution in [0, 0.1) is 5.92 Å². The van der Waals surface area contributed by atoms with E-state index in [1.165, 1.54) is 0 Å². The minimum atomic E-state index is -2.19. The van der Waals surface area contributed by atoms with E-state index in [9.17, 15) is 9.59 Å². The van der Waals surface area contributed by atoms with Crippen LogP contribution in [0.4, 0.5) is 0 Å². The van der Waals surface area contributed by atoms with Gasteiger partial charge in [-0.2, -0.15) is 0 Å². The second kappa shape index (κ2) is 7.81. The Labute approximate surface area is 163 Å². The standard InChI is InChI=1S/C19H34O7Si/c1-9-22-13(21)10-12-14-17(25-19(5,6)24-14)16(23-11-20)15(12)26-27(7,8)18(2,3)4/h11-12,14-17H,9-10H2,1-8H3/t12-,14+,15+,16+,17+/m0/s1. The van der Waals surface area contributed by atoms with Crippen LogP contribution in [-0.4, -0.2) is 57.6 Å². The lowest BCUT2D eigenvalue weighted by atomic mass is 9.99. The summed E-state index contributed by atoms with van der Waals surface area (Å²) in [6.07, 6.45) is -1.84. The number of fused-ring (bicyclic) bond motifs is 1. The van der Waals surface area contributed by atoms with Crippen molar-refractivity contribution in [3.05, 3.63) is 0 Å². The molecule has 1 aliphatic carbocycles. The number of carbonyl (C=O) groups excluding carboxylic acids is 2. The minimum Gasteiger partial charge on any atom is -0.466 e. The van der Waals surface area contributed by atoms with Crippen molar-refractivity contribution in [2.24, 2.45) is 5.92 Å². The molecule has 1 heterocycles. The first kappa shape index (κ1) is 22.3. The predicted molar refractivity (Wildman–Crippen MR) is 102 cm³/mol. The summed E-state index contributed by atoms with van der Waals surface area (Å²) in [5.74, 6) is -1.44. The third kappa shape index (κ3) is 4.72. The fourth-order valence-electron chi connectivity index (χ4n) is 3.56. The van der Waals surface area contributed by atoms with Crippen molar-refractivity contribution >= 4 is 20.8 Å². The highest BCUT2D eigenvalue weighted by atomic mass is 28.4. The molecular weight excluding hydrogens is 368 g/mol. The van der Waals surface area contributed by atoms with Crippen LogP contribution in [0.5, 0.6) is 0 Å². The van der Waals surface area contributed by atoms with Gasteiger partial charge >= 0.3 is 5.97 Å². The molecule has 0 spiro atoms. The summed E-state index contributed by atoms with van der Waals surface area (Å²) in [5, 5.41) is -0.0358. The SMILES string of the molecule is CCOC(=O)C[C@H]1[C@H]2OC(C)(C)O[C@H]2[C@H](OC=O)[C@@H]1O[Si](C)(C)C(C)(C)C. The van der Waals surface area contributed by atoms with Gasteiger partial charge in [0, 0.05) is 5.92 Å². The van der Waals surface area contributed by atoms with Gasteiger partial charge in [-0.15, -0.1) is 0 Å². The number of carbonyl (C=O) groups is 2. The molecule has 1 saturated heterocycles. The molecule has 1 saturated carbocycles. The van der Waals surface area contributed by atoms with E-state index in [0.29, 0.717) is 13.1 Å². The Hall–Kier alpha value is -0.963. The zero-order chi connectivity index (χ0) is 20.6. The normalized spacial score (nSPS) is 32.8. The highest BCUT2D eigenvalue weighted by Gasteiger charge is 2.62. The molecule has 0 amide bonds. The van der Waals surface area contributed by atoms with Gasteiger partial charge in [-0.1, -0.05) is 20.8 Å². The molecule has 0 N–H and O–H groups in total. The largest absolute Gasteiger partial charge is 0.466 e. The van der Waals surface area contributed by atoms with Crippen molar-refractivity contribution in [1.29, 1.82) is 0 Å². The Kier molecular flexibility index (Phi) is 6.46. The fraction of sp³-hybridized carbons (Fsp3) is 0.895. The smallest absolute Gasteiger partial charge is 0.306 e. The number of esters is 1. The Morgan fingerprint density at radius 2 is 1.74 bits per heavy atom. The third-order valence-corrected chi connectivity index (χ3v) is 10.3. The molecule has 2 aliphatic rings. The second-order valence-electron chi connectivity index (χ2n) is 9.28. The van der Waals surface area contributed by atoms with E-state index in [1.807, 2.05) is 13.8 Å². The highest BCUT2D eigenvalue weighted by molar-refractivity contribution is 6.74. The maximum atomic E-state index is 12.2. The Bertz CT molecular complexity index is 555. The molecule has 0 aromatic rings. The van der Waals surface area contributed by atoms with Gasteiger partial charge in [0.15, 0.2) is 20.2 Å². The zero-order valence-corrected chi connectivity index (χ0v) is 18.7. The van der Waals surface area contributed by atoms with Gasteiger partial charge < -0.3 is 23.4 Å².